The molecule has 0 atom stereocenters. The number of thiophene rings is 1. The van der Waals surface area contributed by atoms with E-state index in [-0.39, 0.29) is 5.69 Å². The van der Waals surface area contributed by atoms with Crippen LogP contribution in [0.15, 0.2) is 20.7 Å². The zero-order valence-corrected chi connectivity index (χ0v) is 8.09. The first-order valence-electron chi connectivity index (χ1n) is 3.03. The summed E-state index contributed by atoms with van der Waals surface area (Å²) in [6.07, 6.45) is 0. The zero-order valence-electron chi connectivity index (χ0n) is 5.69. The van der Waals surface area contributed by atoms with Crippen LogP contribution in [0, 0.1) is 0 Å². The summed E-state index contributed by atoms with van der Waals surface area (Å²) in [7, 11) is 0. The number of nitrogens with zero attached hydrogens (tertiary/aromatic N) is 3. The third-order valence-corrected chi connectivity index (χ3v) is 2.84. The molecule has 0 unspecified atom stereocenters. The molecule has 5 nitrogen and oxygen atoms in total. The van der Waals surface area contributed by atoms with Crippen LogP contribution in [0.3, 0.4) is 0 Å². The average Bonchev–Trinajstić information content (AvgIpc) is 2.58. The number of tetrazole rings is 1. The first-order valence-corrected chi connectivity index (χ1v) is 4.64. The van der Waals surface area contributed by atoms with Crippen LogP contribution in [0.5, 0.6) is 0 Å². The fourth-order valence-electron chi connectivity index (χ4n) is 0.761. The summed E-state index contributed by atoms with van der Waals surface area (Å²) in [5.74, 6) is 0. The molecule has 12 heavy (non-hydrogen) atoms. The molecule has 2 heterocycles. The molecule has 2 rings (SSSR count). The molecule has 0 amide bonds. The van der Waals surface area contributed by atoms with Crippen molar-refractivity contribution in [1.82, 2.24) is 20.2 Å². The van der Waals surface area contributed by atoms with Crippen molar-refractivity contribution in [3.8, 4) is 5.00 Å². The molecule has 0 aliphatic carbocycles. The maximum atomic E-state index is 11.0. The highest BCUT2D eigenvalue weighted by molar-refractivity contribution is 9.11. The van der Waals surface area contributed by atoms with Crippen LogP contribution < -0.4 is 5.69 Å². The van der Waals surface area contributed by atoms with Crippen molar-refractivity contribution in [2.24, 2.45) is 0 Å². The molecule has 1 N–H and O–H groups in total. The van der Waals surface area contributed by atoms with Gasteiger partial charge in [-0.15, -0.1) is 11.3 Å². The summed E-state index contributed by atoms with van der Waals surface area (Å²) in [5.41, 5.74) is -0.329. The Hall–Kier alpha value is -0.950. The van der Waals surface area contributed by atoms with Gasteiger partial charge >= 0.3 is 5.69 Å². The van der Waals surface area contributed by atoms with Crippen molar-refractivity contribution in [1.29, 1.82) is 0 Å². The van der Waals surface area contributed by atoms with E-state index in [9.17, 15) is 4.79 Å². The lowest BCUT2D eigenvalue weighted by Gasteiger charge is -1.87. The zero-order chi connectivity index (χ0) is 8.55. The number of rotatable bonds is 1. The first kappa shape index (κ1) is 7.69. The third kappa shape index (κ3) is 1.21. The van der Waals surface area contributed by atoms with E-state index >= 15 is 0 Å². The summed E-state index contributed by atoms with van der Waals surface area (Å²) < 4.78 is 2.16. The Morgan fingerprint density at radius 2 is 2.42 bits per heavy atom. The van der Waals surface area contributed by atoms with Gasteiger partial charge in [0.05, 0.1) is 3.79 Å². The monoisotopic (exact) mass is 246 g/mol. The van der Waals surface area contributed by atoms with E-state index < -0.39 is 0 Å². The Morgan fingerprint density at radius 3 is 2.92 bits per heavy atom. The average molecular weight is 247 g/mol. The lowest BCUT2D eigenvalue weighted by molar-refractivity contribution is 0.790. The van der Waals surface area contributed by atoms with Crippen molar-refractivity contribution in [2.75, 3.05) is 0 Å². The number of halogens is 1. The number of H-pyrrole nitrogens is 1. The van der Waals surface area contributed by atoms with Crippen LogP contribution in [0.1, 0.15) is 0 Å². The van der Waals surface area contributed by atoms with Gasteiger partial charge in [-0.3, -0.25) is 0 Å². The molecule has 0 bridgehead atoms. The largest absolute Gasteiger partial charge is 0.366 e. The van der Waals surface area contributed by atoms with Gasteiger partial charge in [0.15, 0.2) is 0 Å². The smallest absolute Gasteiger partial charge is 0.244 e. The van der Waals surface area contributed by atoms with Gasteiger partial charge in [-0.2, -0.15) is 4.68 Å². The molecular formula is C5H3BrN4OS. The minimum absolute atomic E-state index is 0.329. The van der Waals surface area contributed by atoms with Gasteiger partial charge in [-0.25, -0.2) is 9.89 Å². The van der Waals surface area contributed by atoms with Crippen molar-refractivity contribution in [2.45, 2.75) is 0 Å². The van der Waals surface area contributed by atoms with Gasteiger partial charge in [0.2, 0.25) is 0 Å². The minimum Gasteiger partial charge on any atom is -0.244 e. The molecular weight excluding hydrogens is 244 g/mol. The SMILES string of the molecule is O=c1[nH]nnn1-c1ccc(Br)s1. The van der Waals surface area contributed by atoms with Crippen LogP contribution in [0.4, 0.5) is 0 Å². The molecule has 0 aliphatic rings. The van der Waals surface area contributed by atoms with Gasteiger partial charge in [-0.1, -0.05) is 0 Å². The van der Waals surface area contributed by atoms with Gasteiger partial charge < -0.3 is 0 Å². The topological polar surface area (TPSA) is 63.6 Å². The molecule has 62 valence electrons. The van der Waals surface area contributed by atoms with Crippen LogP contribution in [0.25, 0.3) is 5.00 Å². The maximum Gasteiger partial charge on any atom is 0.366 e. The molecule has 2 aromatic rings. The summed E-state index contributed by atoms with van der Waals surface area (Å²) >= 11 is 4.70. The minimum atomic E-state index is -0.329. The molecule has 0 aromatic carbocycles. The summed E-state index contributed by atoms with van der Waals surface area (Å²) in [6.45, 7) is 0. The molecule has 7 heteroatoms. The molecule has 0 saturated carbocycles. The lowest BCUT2D eigenvalue weighted by Crippen LogP contribution is -2.14. The van der Waals surface area contributed by atoms with Crippen LogP contribution in [-0.4, -0.2) is 20.2 Å². The van der Waals surface area contributed by atoms with Gasteiger partial charge in [0.1, 0.15) is 5.00 Å². The molecule has 0 aliphatic heterocycles. The summed E-state index contributed by atoms with van der Waals surface area (Å²) in [6, 6.07) is 3.64. The van der Waals surface area contributed by atoms with Crippen LogP contribution in [-0.2, 0) is 0 Å². The Kier molecular flexibility index (Phi) is 1.81. The van der Waals surface area contributed by atoms with E-state index in [0.717, 1.165) is 8.79 Å². The number of aromatic nitrogens is 4. The molecule has 0 saturated heterocycles. The van der Waals surface area contributed by atoms with Crippen LogP contribution >= 0.6 is 27.3 Å². The number of nitrogens with one attached hydrogen (secondary N) is 1. The van der Waals surface area contributed by atoms with Crippen molar-refractivity contribution < 1.29 is 0 Å². The van der Waals surface area contributed by atoms with E-state index in [1.165, 1.54) is 16.0 Å². The van der Waals surface area contributed by atoms with E-state index in [2.05, 4.69) is 31.5 Å². The maximum absolute atomic E-state index is 11.0. The van der Waals surface area contributed by atoms with Crippen molar-refractivity contribution in [3.05, 3.63) is 26.4 Å². The Bertz CT molecular complexity index is 444. The second-order valence-corrected chi connectivity index (χ2v) is 4.44. The normalized spacial score (nSPS) is 10.4. The number of aromatic amines is 1. The standard InChI is InChI=1S/C5H3BrN4OS/c6-3-1-2-4(12-3)10-5(11)7-8-9-10/h1-2H,(H,7,9,11). The van der Waals surface area contributed by atoms with Gasteiger partial charge in [0, 0.05) is 0 Å². The van der Waals surface area contributed by atoms with E-state index in [0.29, 0.717) is 0 Å². The predicted molar refractivity (Wildman–Crippen MR) is 47.6 cm³/mol. The highest BCUT2D eigenvalue weighted by Gasteiger charge is 2.04. The number of hydrogen-bond donors (Lipinski definition) is 1. The Balaban J connectivity index is 2.58. The Morgan fingerprint density at radius 1 is 1.58 bits per heavy atom. The quantitative estimate of drug-likeness (QED) is 0.809. The second kappa shape index (κ2) is 2.83. The van der Waals surface area contributed by atoms with E-state index in [4.69, 9.17) is 0 Å². The van der Waals surface area contributed by atoms with Gasteiger partial charge in [-0.05, 0) is 38.5 Å². The summed E-state index contributed by atoms with van der Waals surface area (Å²) in [5, 5.41) is 9.91. The van der Waals surface area contributed by atoms with Crippen molar-refractivity contribution in [3.63, 3.8) is 0 Å². The van der Waals surface area contributed by atoms with E-state index in [1.807, 2.05) is 6.07 Å². The van der Waals surface area contributed by atoms with E-state index in [1.54, 1.807) is 6.07 Å². The Labute approximate surface area is 79.1 Å². The van der Waals surface area contributed by atoms with Crippen molar-refractivity contribution >= 4 is 27.3 Å². The molecule has 0 radical (unpaired) electrons. The highest BCUT2D eigenvalue weighted by Crippen LogP contribution is 2.23. The first-order chi connectivity index (χ1) is 5.77. The summed E-state index contributed by atoms with van der Waals surface area (Å²) in [4.78, 5) is 11.0. The fourth-order valence-corrected chi connectivity index (χ4v) is 2.07. The molecule has 2 aromatic heterocycles. The number of hydrogen-bond acceptors (Lipinski definition) is 4. The fraction of sp³-hybridized carbons (Fsp3) is 0. The van der Waals surface area contributed by atoms with Gasteiger partial charge in [0.25, 0.3) is 0 Å². The highest BCUT2D eigenvalue weighted by atomic mass is 79.9. The van der Waals surface area contributed by atoms with Crippen LogP contribution in [0.2, 0.25) is 0 Å². The molecule has 0 fully saturated rings. The molecule has 0 spiro atoms. The third-order valence-electron chi connectivity index (χ3n) is 1.24. The lowest BCUT2D eigenvalue weighted by atomic mass is 10.6. The predicted octanol–water partition coefficient (Wildman–Crippen LogP) is 0.780. The second-order valence-electron chi connectivity index (χ2n) is 2.00.